The van der Waals surface area contributed by atoms with E-state index in [0.717, 1.165) is 17.0 Å². The summed E-state index contributed by atoms with van der Waals surface area (Å²) in [6.45, 7) is 5.27. The van der Waals surface area contributed by atoms with Gasteiger partial charge in [0, 0.05) is 36.1 Å². The molecule has 1 amide bonds. The van der Waals surface area contributed by atoms with Crippen molar-refractivity contribution < 1.29 is 23.8 Å². The molecule has 0 fully saturated rings. The minimum atomic E-state index is -0.971. The molecule has 150 valence electrons. The van der Waals surface area contributed by atoms with E-state index in [-0.39, 0.29) is 0 Å². The number of nitrogens with zero attached hydrogens (tertiary/aromatic N) is 2. The number of anilines is 1. The molecule has 0 saturated heterocycles. The van der Waals surface area contributed by atoms with Gasteiger partial charge in [-0.2, -0.15) is 5.10 Å². The lowest BCUT2D eigenvalue weighted by molar-refractivity contribution is -0.148. The van der Waals surface area contributed by atoms with Crippen molar-refractivity contribution in [3.05, 3.63) is 41.2 Å². The van der Waals surface area contributed by atoms with E-state index >= 15 is 0 Å². The molecule has 1 aromatic heterocycles. The summed E-state index contributed by atoms with van der Waals surface area (Å²) in [7, 11) is 4.87. The number of aromatic nitrogens is 2. The fourth-order valence-corrected chi connectivity index (χ4v) is 2.61. The van der Waals surface area contributed by atoms with Gasteiger partial charge < -0.3 is 19.5 Å². The first kappa shape index (κ1) is 21.0. The SMILES string of the molecule is COc1ccc(NC(=O)[C@H](C)OC(=O)/C=C/c2c(C)nn(C)c2C)cc1OC. The molecule has 8 heteroatoms. The minimum Gasteiger partial charge on any atom is -0.493 e. The first-order valence-corrected chi connectivity index (χ1v) is 8.68. The molecule has 0 radical (unpaired) electrons. The largest absolute Gasteiger partial charge is 0.493 e. The zero-order valence-corrected chi connectivity index (χ0v) is 16.9. The topological polar surface area (TPSA) is 91.7 Å². The first-order chi connectivity index (χ1) is 13.3. The summed E-state index contributed by atoms with van der Waals surface area (Å²) in [4.78, 5) is 24.3. The third-order valence-electron chi connectivity index (χ3n) is 4.26. The van der Waals surface area contributed by atoms with Gasteiger partial charge in [-0.05, 0) is 39.0 Å². The Morgan fingerprint density at radius 3 is 2.43 bits per heavy atom. The first-order valence-electron chi connectivity index (χ1n) is 8.68. The van der Waals surface area contributed by atoms with Crippen molar-refractivity contribution in [2.45, 2.75) is 26.9 Å². The minimum absolute atomic E-state index is 0.456. The van der Waals surface area contributed by atoms with Crippen molar-refractivity contribution in [1.82, 2.24) is 9.78 Å². The standard InChI is InChI=1S/C20H25N3O5/c1-12-16(13(2)23(4)22-12)8-10-19(24)28-14(3)20(25)21-15-7-9-17(26-5)18(11-15)27-6/h7-11,14H,1-6H3,(H,21,25)/b10-8+/t14-/m0/s1. The van der Waals surface area contributed by atoms with Gasteiger partial charge in [0.1, 0.15) is 0 Å². The summed E-state index contributed by atoms with van der Waals surface area (Å²) in [5.41, 5.74) is 3.09. The number of nitrogens with one attached hydrogen (secondary N) is 1. The van der Waals surface area contributed by atoms with E-state index in [1.807, 2.05) is 20.9 Å². The third-order valence-corrected chi connectivity index (χ3v) is 4.26. The molecule has 2 aromatic rings. The summed E-state index contributed by atoms with van der Waals surface area (Å²) in [5, 5.41) is 6.96. The monoisotopic (exact) mass is 387 g/mol. The molecule has 0 aliphatic rings. The summed E-state index contributed by atoms with van der Waals surface area (Å²) in [6, 6.07) is 4.97. The molecule has 0 aliphatic heterocycles. The Morgan fingerprint density at radius 1 is 1.18 bits per heavy atom. The Morgan fingerprint density at radius 2 is 1.86 bits per heavy atom. The predicted octanol–water partition coefficient (Wildman–Crippen LogP) is 2.64. The number of methoxy groups -OCH3 is 2. The normalized spacial score (nSPS) is 11.9. The number of carbonyl (C=O) groups is 2. The molecule has 1 heterocycles. The number of rotatable bonds is 7. The van der Waals surface area contributed by atoms with Crippen LogP contribution in [0.25, 0.3) is 6.08 Å². The van der Waals surface area contributed by atoms with E-state index in [2.05, 4.69) is 10.4 Å². The molecular formula is C20H25N3O5. The number of amides is 1. The maximum Gasteiger partial charge on any atom is 0.331 e. The lowest BCUT2D eigenvalue weighted by Gasteiger charge is -2.14. The average Bonchev–Trinajstić information content (AvgIpc) is 2.91. The van der Waals surface area contributed by atoms with Gasteiger partial charge in [0.2, 0.25) is 0 Å². The van der Waals surface area contributed by atoms with E-state index in [4.69, 9.17) is 14.2 Å². The Hall–Kier alpha value is -3.29. The quantitative estimate of drug-likeness (QED) is 0.580. The number of hydrogen-bond donors (Lipinski definition) is 1. The van der Waals surface area contributed by atoms with Gasteiger partial charge in [-0.3, -0.25) is 9.48 Å². The van der Waals surface area contributed by atoms with Gasteiger partial charge in [0.05, 0.1) is 19.9 Å². The third kappa shape index (κ3) is 4.91. The van der Waals surface area contributed by atoms with Gasteiger partial charge in [-0.25, -0.2) is 4.79 Å². The highest BCUT2D eigenvalue weighted by molar-refractivity contribution is 5.96. The van der Waals surface area contributed by atoms with E-state index in [9.17, 15) is 9.59 Å². The Kier molecular flexibility index (Phi) is 6.81. The Bertz CT molecular complexity index is 901. The fraction of sp³-hybridized carbons (Fsp3) is 0.350. The van der Waals surface area contributed by atoms with Gasteiger partial charge in [0.15, 0.2) is 17.6 Å². The number of ether oxygens (including phenoxy) is 3. The summed E-state index contributed by atoms with van der Waals surface area (Å²) in [6.07, 6.45) is 1.96. The van der Waals surface area contributed by atoms with E-state index in [0.29, 0.717) is 17.2 Å². The van der Waals surface area contributed by atoms with Crippen LogP contribution in [0.5, 0.6) is 11.5 Å². The second-order valence-electron chi connectivity index (χ2n) is 6.18. The van der Waals surface area contributed by atoms with Crippen LogP contribution in [-0.2, 0) is 21.4 Å². The van der Waals surface area contributed by atoms with E-state index in [1.165, 1.54) is 27.2 Å². The van der Waals surface area contributed by atoms with Gasteiger partial charge in [-0.15, -0.1) is 0 Å². The highest BCUT2D eigenvalue weighted by Gasteiger charge is 2.18. The van der Waals surface area contributed by atoms with Crippen molar-refractivity contribution in [1.29, 1.82) is 0 Å². The van der Waals surface area contributed by atoms with Crippen molar-refractivity contribution in [2.75, 3.05) is 19.5 Å². The fourth-order valence-electron chi connectivity index (χ4n) is 2.61. The molecule has 28 heavy (non-hydrogen) atoms. The highest BCUT2D eigenvalue weighted by Crippen LogP contribution is 2.29. The van der Waals surface area contributed by atoms with Crippen molar-refractivity contribution in [2.24, 2.45) is 7.05 Å². The highest BCUT2D eigenvalue weighted by atomic mass is 16.5. The summed E-state index contributed by atoms with van der Waals surface area (Å²) >= 11 is 0. The number of aryl methyl sites for hydroxylation is 2. The zero-order chi connectivity index (χ0) is 20.8. The Balaban J connectivity index is 1.98. The van der Waals surface area contributed by atoms with Gasteiger partial charge in [0.25, 0.3) is 5.91 Å². The average molecular weight is 387 g/mol. The van der Waals surface area contributed by atoms with Gasteiger partial charge >= 0.3 is 5.97 Å². The number of hydrogen-bond acceptors (Lipinski definition) is 6. The molecule has 0 bridgehead atoms. The molecule has 0 unspecified atom stereocenters. The van der Waals surface area contributed by atoms with Crippen LogP contribution in [0.3, 0.4) is 0 Å². The molecule has 1 atom stereocenters. The molecule has 8 nitrogen and oxygen atoms in total. The molecule has 0 aliphatic carbocycles. The number of carbonyl (C=O) groups excluding carboxylic acids is 2. The van der Waals surface area contributed by atoms with Crippen molar-refractivity contribution >= 4 is 23.6 Å². The summed E-state index contributed by atoms with van der Waals surface area (Å²) < 4.78 is 17.3. The van der Waals surface area contributed by atoms with Crippen LogP contribution in [0.2, 0.25) is 0 Å². The Labute approximate surface area is 164 Å². The second-order valence-corrected chi connectivity index (χ2v) is 6.18. The maximum absolute atomic E-state index is 12.3. The summed E-state index contributed by atoms with van der Waals surface area (Å²) in [5.74, 6) is -0.0403. The predicted molar refractivity (Wildman–Crippen MR) is 105 cm³/mol. The molecule has 1 N–H and O–H groups in total. The van der Waals surface area contributed by atoms with Crippen LogP contribution in [-0.4, -0.2) is 42.0 Å². The molecule has 0 saturated carbocycles. The van der Waals surface area contributed by atoms with Crippen LogP contribution >= 0.6 is 0 Å². The van der Waals surface area contributed by atoms with Crippen LogP contribution in [0.1, 0.15) is 23.9 Å². The smallest absolute Gasteiger partial charge is 0.331 e. The number of benzene rings is 1. The van der Waals surface area contributed by atoms with Crippen molar-refractivity contribution in [3.63, 3.8) is 0 Å². The number of esters is 1. The lowest BCUT2D eigenvalue weighted by Crippen LogP contribution is -2.29. The molecule has 0 spiro atoms. The van der Waals surface area contributed by atoms with Crippen LogP contribution in [0, 0.1) is 13.8 Å². The second kappa shape index (κ2) is 9.07. The van der Waals surface area contributed by atoms with Crippen molar-refractivity contribution in [3.8, 4) is 11.5 Å². The molecular weight excluding hydrogens is 362 g/mol. The van der Waals surface area contributed by atoms with Crippen LogP contribution in [0.4, 0.5) is 5.69 Å². The zero-order valence-electron chi connectivity index (χ0n) is 16.9. The van der Waals surface area contributed by atoms with E-state index < -0.39 is 18.0 Å². The molecule has 1 aromatic carbocycles. The van der Waals surface area contributed by atoms with Crippen LogP contribution < -0.4 is 14.8 Å². The molecule has 2 rings (SSSR count). The van der Waals surface area contributed by atoms with Crippen LogP contribution in [0.15, 0.2) is 24.3 Å². The lowest BCUT2D eigenvalue weighted by atomic mass is 10.2. The van der Waals surface area contributed by atoms with Gasteiger partial charge in [-0.1, -0.05) is 0 Å². The maximum atomic E-state index is 12.3. The van der Waals surface area contributed by atoms with E-state index in [1.54, 1.807) is 29.0 Å².